The standard InChI is InChI=1S/C16H25ClN2O/c1-5-7-14-9-13(10-15(17)19-14)16(20)18-12(4)8-11(3)6-2/h9-12H,5-8H2,1-4H3,(H,18,20). The van der Waals surface area contributed by atoms with E-state index in [1.807, 2.05) is 13.0 Å². The Morgan fingerprint density at radius 3 is 2.65 bits per heavy atom. The molecule has 1 amide bonds. The van der Waals surface area contributed by atoms with Gasteiger partial charge >= 0.3 is 0 Å². The van der Waals surface area contributed by atoms with E-state index >= 15 is 0 Å². The summed E-state index contributed by atoms with van der Waals surface area (Å²) in [5.41, 5.74) is 1.48. The monoisotopic (exact) mass is 296 g/mol. The number of nitrogens with zero attached hydrogens (tertiary/aromatic N) is 1. The summed E-state index contributed by atoms with van der Waals surface area (Å²) in [6, 6.07) is 3.63. The average Bonchev–Trinajstić information content (AvgIpc) is 2.38. The quantitative estimate of drug-likeness (QED) is 0.765. The zero-order valence-corrected chi connectivity index (χ0v) is 13.6. The lowest BCUT2D eigenvalue weighted by Crippen LogP contribution is -2.33. The first-order valence-electron chi connectivity index (χ1n) is 7.43. The zero-order chi connectivity index (χ0) is 15.1. The molecule has 4 heteroatoms. The molecular weight excluding hydrogens is 272 g/mol. The van der Waals surface area contributed by atoms with Gasteiger partial charge in [-0.2, -0.15) is 0 Å². The van der Waals surface area contributed by atoms with Crippen LogP contribution in [0.25, 0.3) is 0 Å². The topological polar surface area (TPSA) is 42.0 Å². The number of nitrogens with one attached hydrogen (secondary N) is 1. The Hall–Kier alpha value is -1.09. The lowest BCUT2D eigenvalue weighted by atomic mass is 10.00. The zero-order valence-electron chi connectivity index (χ0n) is 12.9. The average molecular weight is 297 g/mol. The van der Waals surface area contributed by atoms with E-state index in [1.165, 1.54) is 0 Å². The molecule has 2 atom stereocenters. The highest BCUT2D eigenvalue weighted by Gasteiger charge is 2.13. The van der Waals surface area contributed by atoms with E-state index in [1.54, 1.807) is 6.07 Å². The van der Waals surface area contributed by atoms with Crippen LogP contribution in [0.15, 0.2) is 12.1 Å². The number of hydrogen-bond acceptors (Lipinski definition) is 2. The Labute approximate surface area is 127 Å². The van der Waals surface area contributed by atoms with Crippen LogP contribution < -0.4 is 5.32 Å². The molecule has 0 aliphatic rings. The number of aryl methyl sites for hydroxylation is 1. The summed E-state index contributed by atoms with van der Waals surface area (Å²) in [7, 11) is 0. The maximum atomic E-state index is 12.2. The van der Waals surface area contributed by atoms with Gasteiger partial charge in [-0.3, -0.25) is 4.79 Å². The molecule has 1 aromatic rings. The van der Waals surface area contributed by atoms with Gasteiger partial charge < -0.3 is 5.32 Å². The van der Waals surface area contributed by atoms with Crippen molar-refractivity contribution in [3.05, 3.63) is 28.5 Å². The molecule has 112 valence electrons. The molecule has 3 nitrogen and oxygen atoms in total. The minimum atomic E-state index is -0.0672. The number of rotatable bonds is 7. The van der Waals surface area contributed by atoms with Crippen LogP contribution in [0.1, 0.15) is 63.0 Å². The molecule has 1 aromatic heterocycles. The van der Waals surface area contributed by atoms with Crippen molar-refractivity contribution in [2.75, 3.05) is 0 Å². The van der Waals surface area contributed by atoms with Gasteiger partial charge in [0.25, 0.3) is 5.91 Å². The number of pyridine rings is 1. The predicted molar refractivity (Wildman–Crippen MR) is 84.2 cm³/mol. The van der Waals surface area contributed by atoms with Crippen molar-refractivity contribution >= 4 is 17.5 Å². The minimum absolute atomic E-state index is 0.0672. The summed E-state index contributed by atoms with van der Waals surface area (Å²) < 4.78 is 0. The van der Waals surface area contributed by atoms with Crippen molar-refractivity contribution in [2.24, 2.45) is 5.92 Å². The van der Waals surface area contributed by atoms with Crippen LogP contribution in [-0.4, -0.2) is 16.9 Å². The van der Waals surface area contributed by atoms with Gasteiger partial charge in [-0.15, -0.1) is 0 Å². The van der Waals surface area contributed by atoms with E-state index in [0.29, 0.717) is 16.6 Å². The number of halogens is 1. The van der Waals surface area contributed by atoms with Gasteiger partial charge in [-0.05, 0) is 37.8 Å². The largest absolute Gasteiger partial charge is 0.350 e. The first-order valence-corrected chi connectivity index (χ1v) is 7.81. The Kier molecular flexibility index (Phi) is 7.00. The van der Waals surface area contributed by atoms with Gasteiger partial charge in [0.15, 0.2) is 0 Å². The third kappa shape index (κ3) is 5.49. The summed E-state index contributed by atoms with van der Waals surface area (Å²) in [5, 5.41) is 3.42. The van der Waals surface area contributed by atoms with E-state index in [2.05, 4.69) is 31.1 Å². The molecule has 0 bridgehead atoms. The lowest BCUT2D eigenvalue weighted by Gasteiger charge is -2.17. The molecule has 0 aliphatic heterocycles. The van der Waals surface area contributed by atoms with Crippen LogP contribution in [0.2, 0.25) is 5.15 Å². The van der Waals surface area contributed by atoms with Crippen molar-refractivity contribution in [3.63, 3.8) is 0 Å². The van der Waals surface area contributed by atoms with Crippen molar-refractivity contribution in [1.29, 1.82) is 0 Å². The minimum Gasteiger partial charge on any atom is -0.350 e. The number of hydrogen-bond donors (Lipinski definition) is 1. The first-order chi connectivity index (χ1) is 9.46. The predicted octanol–water partition coefficient (Wildman–Crippen LogP) is 4.24. The highest BCUT2D eigenvalue weighted by molar-refractivity contribution is 6.29. The molecule has 1 heterocycles. The van der Waals surface area contributed by atoms with E-state index in [0.717, 1.165) is 31.4 Å². The van der Waals surface area contributed by atoms with Crippen LogP contribution in [-0.2, 0) is 6.42 Å². The SMILES string of the molecule is CCCc1cc(C(=O)NC(C)CC(C)CC)cc(Cl)n1. The van der Waals surface area contributed by atoms with Crippen molar-refractivity contribution < 1.29 is 4.79 Å². The summed E-state index contributed by atoms with van der Waals surface area (Å²) in [4.78, 5) is 16.5. The second-order valence-corrected chi connectivity index (χ2v) is 5.93. The molecule has 0 radical (unpaired) electrons. The van der Waals surface area contributed by atoms with Crippen LogP contribution in [0.4, 0.5) is 0 Å². The fraction of sp³-hybridized carbons (Fsp3) is 0.625. The second kappa shape index (κ2) is 8.25. The summed E-state index contributed by atoms with van der Waals surface area (Å²) >= 11 is 5.98. The van der Waals surface area contributed by atoms with Crippen LogP contribution >= 0.6 is 11.6 Å². The summed E-state index contributed by atoms with van der Waals surface area (Å²) in [6.45, 7) is 8.49. The molecule has 2 unspecified atom stereocenters. The third-order valence-electron chi connectivity index (χ3n) is 3.45. The summed E-state index contributed by atoms with van der Waals surface area (Å²) in [5.74, 6) is 0.546. The Bertz CT molecular complexity index is 448. The van der Waals surface area contributed by atoms with E-state index in [9.17, 15) is 4.79 Å². The normalized spacial score (nSPS) is 13.8. The van der Waals surface area contributed by atoms with Gasteiger partial charge in [0.05, 0.1) is 0 Å². The molecule has 0 aromatic carbocycles. The molecule has 0 aliphatic carbocycles. The Morgan fingerprint density at radius 2 is 2.05 bits per heavy atom. The van der Waals surface area contributed by atoms with E-state index in [-0.39, 0.29) is 11.9 Å². The molecule has 20 heavy (non-hydrogen) atoms. The van der Waals surface area contributed by atoms with E-state index in [4.69, 9.17) is 11.6 Å². The number of amides is 1. The van der Waals surface area contributed by atoms with Crippen molar-refractivity contribution in [1.82, 2.24) is 10.3 Å². The molecule has 0 spiro atoms. The van der Waals surface area contributed by atoms with Crippen LogP contribution in [0.5, 0.6) is 0 Å². The van der Waals surface area contributed by atoms with Gasteiger partial charge in [-0.25, -0.2) is 4.98 Å². The van der Waals surface area contributed by atoms with Gasteiger partial charge in [0.1, 0.15) is 5.15 Å². The maximum absolute atomic E-state index is 12.2. The molecule has 0 saturated carbocycles. The van der Waals surface area contributed by atoms with E-state index < -0.39 is 0 Å². The molecule has 1 rings (SSSR count). The summed E-state index contributed by atoms with van der Waals surface area (Å²) in [6.07, 6.45) is 3.94. The van der Waals surface area contributed by atoms with Gasteiger partial charge in [0.2, 0.25) is 0 Å². The Morgan fingerprint density at radius 1 is 1.35 bits per heavy atom. The lowest BCUT2D eigenvalue weighted by molar-refractivity contribution is 0.0935. The fourth-order valence-corrected chi connectivity index (χ4v) is 2.43. The van der Waals surface area contributed by atoms with Crippen molar-refractivity contribution in [3.8, 4) is 0 Å². The second-order valence-electron chi connectivity index (χ2n) is 5.54. The number of carbonyl (C=O) groups excluding carboxylic acids is 1. The fourth-order valence-electron chi connectivity index (χ4n) is 2.20. The smallest absolute Gasteiger partial charge is 0.251 e. The van der Waals surface area contributed by atoms with Crippen LogP contribution in [0, 0.1) is 5.92 Å². The van der Waals surface area contributed by atoms with Gasteiger partial charge in [0, 0.05) is 17.3 Å². The first kappa shape index (κ1) is 17.0. The molecule has 1 N–H and O–H groups in total. The number of carbonyl (C=O) groups is 1. The maximum Gasteiger partial charge on any atom is 0.251 e. The highest BCUT2D eigenvalue weighted by Crippen LogP contribution is 2.14. The number of aromatic nitrogens is 1. The van der Waals surface area contributed by atoms with Crippen molar-refractivity contribution in [2.45, 2.75) is 59.4 Å². The Balaban J connectivity index is 2.71. The molecule has 0 fully saturated rings. The van der Waals surface area contributed by atoms with Crippen LogP contribution in [0.3, 0.4) is 0 Å². The molecular formula is C16H25ClN2O. The van der Waals surface area contributed by atoms with Gasteiger partial charge in [-0.1, -0.05) is 45.2 Å². The highest BCUT2D eigenvalue weighted by atomic mass is 35.5. The third-order valence-corrected chi connectivity index (χ3v) is 3.64. The molecule has 0 saturated heterocycles.